The Balaban J connectivity index is 1.60. The first-order valence-corrected chi connectivity index (χ1v) is 12.8. The highest BCUT2D eigenvalue weighted by Gasteiger charge is 2.36. The molecule has 4 nitrogen and oxygen atoms in total. The molecule has 1 saturated heterocycles. The molecule has 1 fully saturated rings. The lowest BCUT2D eigenvalue weighted by Crippen LogP contribution is -2.39. The van der Waals surface area contributed by atoms with Crippen molar-refractivity contribution in [3.05, 3.63) is 101 Å². The lowest BCUT2D eigenvalue weighted by Gasteiger charge is -2.30. The number of ether oxygens (including phenoxy) is 1. The normalized spacial score (nSPS) is 17.9. The molecule has 1 aliphatic rings. The van der Waals surface area contributed by atoms with Gasteiger partial charge in [-0.1, -0.05) is 55.8 Å². The average Bonchev–Trinajstić information content (AvgIpc) is 3.25. The second kappa shape index (κ2) is 11.7. The third-order valence-electron chi connectivity index (χ3n) is 6.95. The summed E-state index contributed by atoms with van der Waals surface area (Å²) in [6, 6.07) is 22.9. The number of benzene rings is 3. The predicted molar refractivity (Wildman–Crippen MR) is 143 cm³/mol. The van der Waals surface area contributed by atoms with Gasteiger partial charge in [-0.25, -0.2) is 4.39 Å². The SMILES string of the molecule is COc1cccc([C@H]2CN(Cc3cccc(C)c3)C[C@H]2CN(CC(C)C)C(=O)c2ccc(F)cc2)c1. The van der Waals surface area contributed by atoms with Crippen LogP contribution in [0.5, 0.6) is 5.75 Å². The van der Waals surface area contributed by atoms with Gasteiger partial charge in [-0.05, 0) is 66.3 Å². The number of carbonyl (C=O) groups is 1. The Morgan fingerprint density at radius 3 is 2.50 bits per heavy atom. The first-order chi connectivity index (χ1) is 17.3. The third kappa shape index (κ3) is 6.52. The smallest absolute Gasteiger partial charge is 0.253 e. The summed E-state index contributed by atoms with van der Waals surface area (Å²) in [5, 5.41) is 0. The maximum Gasteiger partial charge on any atom is 0.253 e. The monoisotopic (exact) mass is 488 g/mol. The highest BCUT2D eigenvalue weighted by molar-refractivity contribution is 5.94. The van der Waals surface area contributed by atoms with E-state index in [4.69, 9.17) is 4.74 Å². The summed E-state index contributed by atoms with van der Waals surface area (Å²) in [6.07, 6.45) is 0. The maximum absolute atomic E-state index is 13.5. The molecule has 0 radical (unpaired) electrons. The largest absolute Gasteiger partial charge is 0.497 e. The number of halogens is 1. The fourth-order valence-electron chi connectivity index (χ4n) is 5.33. The number of nitrogens with zero attached hydrogens (tertiary/aromatic N) is 2. The molecule has 1 heterocycles. The van der Waals surface area contributed by atoms with Crippen LogP contribution in [0.1, 0.15) is 46.8 Å². The molecule has 1 aliphatic heterocycles. The number of aryl methyl sites for hydroxylation is 1. The van der Waals surface area contributed by atoms with Crippen LogP contribution in [0, 0.1) is 24.6 Å². The van der Waals surface area contributed by atoms with Crippen LogP contribution < -0.4 is 4.74 Å². The molecule has 190 valence electrons. The van der Waals surface area contributed by atoms with Crippen LogP contribution in [0.15, 0.2) is 72.8 Å². The van der Waals surface area contributed by atoms with Crippen molar-refractivity contribution in [1.82, 2.24) is 9.80 Å². The van der Waals surface area contributed by atoms with E-state index in [9.17, 15) is 9.18 Å². The van der Waals surface area contributed by atoms with Gasteiger partial charge in [0.15, 0.2) is 0 Å². The zero-order valence-corrected chi connectivity index (χ0v) is 21.8. The minimum absolute atomic E-state index is 0.0368. The molecule has 0 aromatic heterocycles. The minimum Gasteiger partial charge on any atom is -0.497 e. The molecule has 36 heavy (non-hydrogen) atoms. The van der Waals surface area contributed by atoms with E-state index >= 15 is 0 Å². The van der Waals surface area contributed by atoms with Crippen LogP contribution in [0.4, 0.5) is 4.39 Å². The van der Waals surface area contributed by atoms with E-state index in [0.717, 1.165) is 25.4 Å². The molecular formula is C31H37FN2O2. The Kier molecular flexibility index (Phi) is 8.42. The number of methoxy groups -OCH3 is 1. The topological polar surface area (TPSA) is 32.8 Å². The molecule has 0 bridgehead atoms. The first kappa shape index (κ1) is 25.9. The van der Waals surface area contributed by atoms with Gasteiger partial charge in [-0.3, -0.25) is 9.69 Å². The van der Waals surface area contributed by atoms with Crippen LogP contribution in [0.25, 0.3) is 0 Å². The van der Waals surface area contributed by atoms with E-state index in [-0.39, 0.29) is 23.6 Å². The van der Waals surface area contributed by atoms with Crippen molar-refractivity contribution in [3.8, 4) is 5.75 Å². The average molecular weight is 489 g/mol. The molecular weight excluding hydrogens is 451 g/mol. The highest BCUT2D eigenvalue weighted by Crippen LogP contribution is 2.36. The molecule has 0 unspecified atom stereocenters. The highest BCUT2D eigenvalue weighted by atomic mass is 19.1. The maximum atomic E-state index is 13.5. The lowest BCUT2D eigenvalue weighted by atomic mass is 9.88. The third-order valence-corrected chi connectivity index (χ3v) is 6.95. The van der Waals surface area contributed by atoms with Gasteiger partial charge in [-0.2, -0.15) is 0 Å². The van der Waals surface area contributed by atoms with Crippen LogP contribution >= 0.6 is 0 Å². The molecule has 0 N–H and O–H groups in total. The molecule has 3 aromatic rings. The fourth-order valence-corrected chi connectivity index (χ4v) is 5.33. The first-order valence-electron chi connectivity index (χ1n) is 12.8. The van der Waals surface area contributed by atoms with Crippen molar-refractivity contribution >= 4 is 5.91 Å². The quantitative estimate of drug-likeness (QED) is 0.362. The molecule has 0 aliphatic carbocycles. The minimum atomic E-state index is -0.331. The fraction of sp³-hybridized carbons (Fsp3) is 0.387. The summed E-state index contributed by atoms with van der Waals surface area (Å²) in [7, 11) is 1.70. The Morgan fingerprint density at radius 1 is 1.06 bits per heavy atom. The van der Waals surface area contributed by atoms with Crippen molar-refractivity contribution in [2.24, 2.45) is 11.8 Å². The van der Waals surface area contributed by atoms with Gasteiger partial charge in [0.05, 0.1) is 7.11 Å². The van der Waals surface area contributed by atoms with Crippen molar-refractivity contribution in [2.45, 2.75) is 33.2 Å². The Bertz CT molecular complexity index is 1160. The van der Waals surface area contributed by atoms with Gasteiger partial charge in [0, 0.05) is 44.2 Å². The molecule has 0 saturated carbocycles. The van der Waals surface area contributed by atoms with E-state index < -0.39 is 0 Å². The molecule has 1 amide bonds. The summed E-state index contributed by atoms with van der Waals surface area (Å²) in [5.41, 5.74) is 4.34. The number of hydrogen-bond acceptors (Lipinski definition) is 3. The van der Waals surface area contributed by atoms with Gasteiger partial charge in [-0.15, -0.1) is 0 Å². The number of rotatable bonds is 9. The predicted octanol–water partition coefficient (Wildman–Crippen LogP) is 6.16. The van der Waals surface area contributed by atoms with E-state index in [2.05, 4.69) is 62.1 Å². The molecule has 2 atom stereocenters. The number of likely N-dealkylation sites (tertiary alicyclic amines) is 1. The lowest BCUT2D eigenvalue weighted by molar-refractivity contribution is 0.0703. The molecule has 0 spiro atoms. The number of amides is 1. The van der Waals surface area contributed by atoms with Crippen molar-refractivity contribution < 1.29 is 13.9 Å². The zero-order valence-electron chi connectivity index (χ0n) is 21.8. The van der Waals surface area contributed by atoms with Crippen LogP contribution in [0.2, 0.25) is 0 Å². The van der Waals surface area contributed by atoms with E-state index in [0.29, 0.717) is 24.6 Å². The van der Waals surface area contributed by atoms with Gasteiger partial charge in [0.1, 0.15) is 11.6 Å². The Hall–Kier alpha value is -3.18. The van der Waals surface area contributed by atoms with Crippen LogP contribution in [-0.4, -0.2) is 49.0 Å². The summed E-state index contributed by atoms with van der Waals surface area (Å²) < 4.78 is 19.0. The van der Waals surface area contributed by atoms with E-state index in [1.54, 1.807) is 19.2 Å². The van der Waals surface area contributed by atoms with Gasteiger partial charge >= 0.3 is 0 Å². The summed E-state index contributed by atoms with van der Waals surface area (Å²) >= 11 is 0. The van der Waals surface area contributed by atoms with Crippen LogP contribution in [-0.2, 0) is 6.54 Å². The molecule has 4 rings (SSSR count). The van der Waals surface area contributed by atoms with Gasteiger partial charge < -0.3 is 9.64 Å². The second-order valence-electron chi connectivity index (χ2n) is 10.4. The summed E-state index contributed by atoms with van der Waals surface area (Å²) in [6.45, 7) is 10.4. The number of hydrogen-bond donors (Lipinski definition) is 0. The Labute approximate surface area is 214 Å². The van der Waals surface area contributed by atoms with Crippen LogP contribution in [0.3, 0.4) is 0 Å². The van der Waals surface area contributed by atoms with Gasteiger partial charge in [0.2, 0.25) is 0 Å². The Morgan fingerprint density at radius 2 is 1.81 bits per heavy atom. The van der Waals surface area contributed by atoms with E-state index in [1.807, 2.05) is 17.0 Å². The number of carbonyl (C=O) groups excluding carboxylic acids is 1. The molecule has 5 heteroatoms. The summed E-state index contributed by atoms with van der Waals surface area (Å²) in [5.74, 6) is 1.36. The van der Waals surface area contributed by atoms with Gasteiger partial charge in [0.25, 0.3) is 5.91 Å². The second-order valence-corrected chi connectivity index (χ2v) is 10.4. The summed E-state index contributed by atoms with van der Waals surface area (Å²) in [4.78, 5) is 18.0. The van der Waals surface area contributed by atoms with E-state index in [1.165, 1.54) is 28.8 Å². The van der Waals surface area contributed by atoms with Crippen molar-refractivity contribution in [1.29, 1.82) is 0 Å². The van der Waals surface area contributed by atoms with Crippen molar-refractivity contribution in [2.75, 3.05) is 33.3 Å². The van der Waals surface area contributed by atoms with Crippen molar-refractivity contribution in [3.63, 3.8) is 0 Å². The standard InChI is InChI=1S/C31H37FN2O2/c1-22(2)17-34(31(35)25-11-13-28(32)14-12-25)20-27-19-33(18-24-8-5-7-23(3)15-24)21-30(27)26-9-6-10-29(16-26)36-4/h5-16,22,27,30H,17-21H2,1-4H3/t27-,30+/m0/s1. The zero-order chi connectivity index (χ0) is 25.7. The molecule has 3 aromatic carbocycles.